The van der Waals surface area contributed by atoms with E-state index in [1.807, 2.05) is 0 Å². The van der Waals surface area contributed by atoms with E-state index in [9.17, 15) is 9.59 Å². The number of carbonyl (C=O) groups excluding carboxylic acids is 1. The molecule has 0 aromatic rings. The summed E-state index contributed by atoms with van der Waals surface area (Å²) >= 11 is 0. The third kappa shape index (κ3) is 3.87. The van der Waals surface area contributed by atoms with Gasteiger partial charge in [0.15, 0.2) is 0 Å². The molecule has 5 nitrogen and oxygen atoms in total. The molecule has 0 spiro atoms. The molecule has 2 N–H and O–H groups in total. The molecule has 1 amide bonds. The Balaban J connectivity index is 4.43. The molecule has 0 aliphatic rings. The zero-order valence-electron chi connectivity index (χ0n) is 9.66. The van der Waals surface area contributed by atoms with Gasteiger partial charge >= 0.3 is 5.97 Å². The Labute approximate surface area is 89.8 Å². The average Bonchev–Trinajstić information content (AvgIpc) is 2.17. The molecule has 0 bridgehead atoms. The minimum atomic E-state index is -1.20. The zero-order valence-corrected chi connectivity index (χ0v) is 9.66. The highest BCUT2D eigenvalue weighted by molar-refractivity contribution is 5.87. The van der Waals surface area contributed by atoms with Gasteiger partial charge in [-0.1, -0.05) is 13.8 Å². The van der Waals surface area contributed by atoms with Crippen molar-refractivity contribution in [3.8, 4) is 0 Å². The first-order chi connectivity index (χ1) is 6.87. The second kappa shape index (κ2) is 5.70. The van der Waals surface area contributed by atoms with Crippen LogP contribution in [0.5, 0.6) is 0 Å². The second-order valence-electron chi connectivity index (χ2n) is 3.84. The van der Waals surface area contributed by atoms with Crippen molar-refractivity contribution in [1.29, 1.82) is 0 Å². The molecule has 0 radical (unpaired) electrons. The van der Waals surface area contributed by atoms with Crippen molar-refractivity contribution in [3.63, 3.8) is 0 Å². The molecule has 15 heavy (non-hydrogen) atoms. The van der Waals surface area contributed by atoms with Crippen LogP contribution < -0.4 is 5.32 Å². The molecular formula is C10H19NO4. The van der Waals surface area contributed by atoms with Crippen molar-refractivity contribution in [2.24, 2.45) is 5.92 Å². The number of hydrogen-bond acceptors (Lipinski definition) is 3. The Kier molecular flexibility index (Phi) is 5.28. The lowest BCUT2D eigenvalue weighted by Crippen LogP contribution is -2.53. The quantitative estimate of drug-likeness (QED) is 0.684. The Bertz CT molecular complexity index is 242. The van der Waals surface area contributed by atoms with Crippen molar-refractivity contribution in [3.05, 3.63) is 0 Å². The van der Waals surface area contributed by atoms with Gasteiger partial charge in [0, 0.05) is 7.11 Å². The summed E-state index contributed by atoms with van der Waals surface area (Å²) in [4.78, 5) is 22.5. The first-order valence-corrected chi connectivity index (χ1v) is 4.91. The van der Waals surface area contributed by atoms with Gasteiger partial charge in [-0.3, -0.25) is 4.79 Å². The summed E-state index contributed by atoms with van der Waals surface area (Å²) in [5.74, 6) is -1.67. The average molecular weight is 217 g/mol. The Hall–Kier alpha value is -1.10. The van der Waals surface area contributed by atoms with Crippen molar-refractivity contribution in [2.45, 2.75) is 32.7 Å². The first-order valence-electron chi connectivity index (χ1n) is 4.91. The summed E-state index contributed by atoms with van der Waals surface area (Å²) < 4.78 is 4.83. The number of hydrogen-bond donors (Lipinski definition) is 2. The van der Waals surface area contributed by atoms with Crippen LogP contribution in [0.15, 0.2) is 0 Å². The molecule has 0 fully saturated rings. The van der Waals surface area contributed by atoms with Crippen LogP contribution in [0, 0.1) is 5.92 Å². The van der Waals surface area contributed by atoms with Crippen LogP contribution in [-0.4, -0.2) is 36.2 Å². The third-order valence-electron chi connectivity index (χ3n) is 2.44. The number of carboxylic acid groups (broad SMARTS) is 1. The fraction of sp³-hybridized carbons (Fsp3) is 0.800. The van der Waals surface area contributed by atoms with E-state index in [0.29, 0.717) is 6.42 Å². The van der Waals surface area contributed by atoms with E-state index < -0.39 is 11.5 Å². The normalized spacial score (nSPS) is 16.5. The summed E-state index contributed by atoms with van der Waals surface area (Å²) in [6.45, 7) is 5.18. The van der Waals surface area contributed by atoms with Crippen LogP contribution in [0.3, 0.4) is 0 Å². The van der Waals surface area contributed by atoms with E-state index in [4.69, 9.17) is 9.84 Å². The fourth-order valence-electron chi connectivity index (χ4n) is 1.01. The van der Waals surface area contributed by atoms with E-state index >= 15 is 0 Å². The lowest BCUT2D eigenvalue weighted by molar-refractivity contribution is -0.147. The van der Waals surface area contributed by atoms with E-state index in [-0.39, 0.29) is 18.4 Å². The largest absolute Gasteiger partial charge is 0.480 e. The zero-order chi connectivity index (χ0) is 12.1. The number of carbonyl (C=O) groups is 2. The highest BCUT2D eigenvalue weighted by atomic mass is 16.5. The predicted octanol–water partition coefficient (Wildman–Crippen LogP) is 0.638. The highest BCUT2D eigenvalue weighted by Gasteiger charge is 2.33. The van der Waals surface area contributed by atoms with Gasteiger partial charge in [0.25, 0.3) is 0 Å². The molecule has 0 aliphatic carbocycles. The van der Waals surface area contributed by atoms with Crippen LogP contribution in [-0.2, 0) is 14.3 Å². The van der Waals surface area contributed by atoms with Crippen molar-refractivity contribution < 1.29 is 19.4 Å². The number of methoxy groups -OCH3 is 1. The summed E-state index contributed by atoms with van der Waals surface area (Å²) in [5.41, 5.74) is -1.20. The SMILES string of the molecule is CCC(C)(NC(=O)C(C)COC)C(=O)O. The molecule has 0 rings (SSSR count). The Morgan fingerprint density at radius 1 is 1.53 bits per heavy atom. The number of aliphatic carboxylic acids is 1. The molecule has 88 valence electrons. The molecular weight excluding hydrogens is 198 g/mol. The van der Waals surface area contributed by atoms with Gasteiger partial charge in [0.05, 0.1) is 12.5 Å². The fourth-order valence-corrected chi connectivity index (χ4v) is 1.01. The molecule has 0 saturated heterocycles. The van der Waals surface area contributed by atoms with Gasteiger partial charge in [-0.15, -0.1) is 0 Å². The highest BCUT2D eigenvalue weighted by Crippen LogP contribution is 2.10. The van der Waals surface area contributed by atoms with Crippen LogP contribution in [0.4, 0.5) is 0 Å². The molecule has 2 unspecified atom stereocenters. The summed E-state index contributed by atoms with van der Waals surface area (Å²) in [7, 11) is 1.50. The van der Waals surface area contributed by atoms with E-state index in [0.717, 1.165) is 0 Å². The molecule has 0 aliphatic heterocycles. The maximum atomic E-state index is 11.6. The van der Waals surface area contributed by atoms with Crippen molar-refractivity contribution in [1.82, 2.24) is 5.32 Å². The van der Waals surface area contributed by atoms with Crippen LogP contribution >= 0.6 is 0 Å². The Morgan fingerprint density at radius 2 is 2.07 bits per heavy atom. The maximum Gasteiger partial charge on any atom is 0.329 e. The Morgan fingerprint density at radius 3 is 2.40 bits per heavy atom. The van der Waals surface area contributed by atoms with E-state index in [1.165, 1.54) is 14.0 Å². The van der Waals surface area contributed by atoms with Crippen molar-refractivity contribution >= 4 is 11.9 Å². The van der Waals surface area contributed by atoms with Gasteiger partial charge in [0.1, 0.15) is 5.54 Å². The van der Waals surface area contributed by atoms with Crippen LogP contribution in [0.2, 0.25) is 0 Å². The lowest BCUT2D eigenvalue weighted by atomic mass is 9.98. The minimum Gasteiger partial charge on any atom is -0.480 e. The van der Waals surface area contributed by atoms with Gasteiger partial charge in [-0.05, 0) is 13.3 Å². The summed E-state index contributed by atoms with van der Waals surface area (Å²) in [6.07, 6.45) is 0.341. The van der Waals surface area contributed by atoms with Gasteiger partial charge in [-0.2, -0.15) is 0 Å². The second-order valence-corrected chi connectivity index (χ2v) is 3.84. The number of amides is 1. The van der Waals surface area contributed by atoms with Crippen LogP contribution in [0.1, 0.15) is 27.2 Å². The van der Waals surface area contributed by atoms with Gasteiger partial charge in [-0.25, -0.2) is 4.79 Å². The standard InChI is InChI=1S/C10H19NO4/c1-5-10(3,9(13)14)11-8(12)7(2)6-15-4/h7H,5-6H2,1-4H3,(H,11,12)(H,13,14). The molecule has 0 aromatic heterocycles. The number of ether oxygens (including phenoxy) is 1. The third-order valence-corrected chi connectivity index (χ3v) is 2.44. The topological polar surface area (TPSA) is 75.6 Å². The number of carboxylic acids is 1. The summed E-state index contributed by atoms with van der Waals surface area (Å²) in [6, 6.07) is 0. The van der Waals surface area contributed by atoms with Crippen molar-refractivity contribution in [2.75, 3.05) is 13.7 Å². The molecule has 0 aromatic carbocycles. The minimum absolute atomic E-state index is 0.283. The number of rotatable bonds is 6. The van der Waals surface area contributed by atoms with Crippen LogP contribution in [0.25, 0.3) is 0 Å². The lowest BCUT2D eigenvalue weighted by Gasteiger charge is -2.26. The number of nitrogens with one attached hydrogen (secondary N) is 1. The molecule has 5 heteroatoms. The smallest absolute Gasteiger partial charge is 0.329 e. The van der Waals surface area contributed by atoms with Gasteiger partial charge < -0.3 is 15.2 Å². The first kappa shape index (κ1) is 13.9. The van der Waals surface area contributed by atoms with Gasteiger partial charge in [0.2, 0.25) is 5.91 Å². The maximum absolute atomic E-state index is 11.6. The summed E-state index contributed by atoms with van der Waals surface area (Å²) in [5, 5.41) is 11.5. The predicted molar refractivity (Wildman–Crippen MR) is 55.5 cm³/mol. The molecule has 2 atom stereocenters. The molecule has 0 saturated carbocycles. The van der Waals surface area contributed by atoms with E-state index in [1.54, 1.807) is 13.8 Å². The monoisotopic (exact) mass is 217 g/mol. The van der Waals surface area contributed by atoms with E-state index in [2.05, 4.69) is 5.32 Å². The molecule has 0 heterocycles.